The van der Waals surface area contributed by atoms with Crippen molar-refractivity contribution in [3.05, 3.63) is 34.6 Å². The van der Waals surface area contributed by atoms with Gasteiger partial charge in [0, 0.05) is 0 Å². The molecule has 0 heterocycles. The first-order valence-electron chi connectivity index (χ1n) is 5.12. The maximum absolute atomic E-state index is 13.5. The molecule has 0 aliphatic carbocycles. The third-order valence-corrected chi connectivity index (χ3v) is 2.44. The molecule has 16 heavy (non-hydrogen) atoms. The summed E-state index contributed by atoms with van der Waals surface area (Å²) in [6.07, 6.45) is 0.548. The zero-order valence-corrected chi connectivity index (χ0v) is 9.76. The molecule has 0 saturated heterocycles. The van der Waals surface area contributed by atoms with Crippen molar-refractivity contribution in [3.63, 3.8) is 0 Å². The molecule has 0 saturated carbocycles. The lowest BCUT2D eigenvalue weighted by atomic mass is 10.0. The summed E-state index contributed by atoms with van der Waals surface area (Å²) in [5.41, 5.74) is 1.55. The first kappa shape index (κ1) is 12.6. The number of carbonyl (C=O) groups is 1. The molecule has 0 aliphatic rings. The normalized spacial score (nSPS) is 10.2. The number of rotatable bonds is 4. The van der Waals surface area contributed by atoms with E-state index in [9.17, 15) is 9.18 Å². The number of aryl methyl sites for hydroxylation is 1. The van der Waals surface area contributed by atoms with E-state index in [1.807, 2.05) is 0 Å². The fourth-order valence-electron chi connectivity index (χ4n) is 1.50. The number of nitrogens with one attached hydrogen (secondary N) is 1. The monoisotopic (exact) mass is 225 g/mol. The van der Waals surface area contributed by atoms with E-state index in [1.165, 1.54) is 13.2 Å². The van der Waals surface area contributed by atoms with Crippen LogP contribution in [0.3, 0.4) is 0 Å². The maximum Gasteiger partial charge on any atom is 0.338 e. The molecule has 1 aromatic rings. The number of ether oxygens (including phenoxy) is 1. The van der Waals surface area contributed by atoms with E-state index in [1.54, 1.807) is 20.0 Å². The van der Waals surface area contributed by atoms with Crippen LogP contribution >= 0.6 is 0 Å². The van der Waals surface area contributed by atoms with Crippen LogP contribution in [0.25, 0.3) is 0 Å². The Balaban J connectivity index is 3.06. The van der Waals surface area contributed by atoms with Crippen LogP contribution in [0.1, 0.15) is 21.5 Å². The lowest BCUT2D eigenvalue weighted by molar-refractivity contribution is 0.0599. The van der Waals surface area contributed by atoms with Crippen molar-refractivity contribution < 1.29 is 13.9 Å². The van der Waals surface area contributed by atoms with E-state index in [-0.39, 0.29) is 5.82 Å². The summed E-state index contributed by atoms with van der Waals surface area (Å²) in [4.78, 5) is 11.4. The average Bonchev–Trinajstić information content (AvgIpc) is 2.27. The van der Waals surface area contributed by atoms with Gasteiger partial charge in [-0.15, -0.1) is 0 Å². The second kappa shape index (κ2) is 5.61. The van der Waals surface area contributed by atoms with Gasteiger partial charge in [-0.1, -0.05) is 0 Å². The van der Waals surface area contributed by atoms with E-state index >= 15 is 0 Å². The summed E-state index contributed by atoms with van der Waals surface area (Å²) in [5, 5.41) is 2.94. The van der Waals surface area contributed by atoms with Crippen molar-refractivity contribution in [1.82, 2.24) is 5.32 Å². The van der Waals surface area contributed by atoms with Crippen LogP contribution in [0.4, 0.5) is 4.39 Å². The fraction of sp³-hybridized carbons (Fsp3) is 0.417. The van der Waals surface area contributed by atoms with Gasteiger partial charge in [0.15, 0.2) is 0 Å². The smallest absolute Gasteiger partial charge is 0.338 e. The Labute approximate surface area is 94.6 Å². The van der Waals surface area contributed by atoms with Gasteiger partial charge in [-0.05, 0) is 50.2 Å². The molecule has 0 aromatic heterocycles. The van der Waals surface area contributed by atoms with E-state index in [2.05, 4.69) is 10.1 Å². The molecule has 0 atom stereocenters. The zero-order chi connectivity index (χ0) is 12.1. The summed E-state index contributed by atoms with van der Waals surface area (Å²) in [6.45, 7) is 2.36. The van der Waals surface area contributed by atoms with E-state index in [4.69, 9.17) is 0 Å². The van der Waals surface area contributed by atoms with Crippen LogP contribution in [0.15, 0.2) is 12.1 Å². The molecule has 0 radical (unpaired) electrons. The minimum atomic E-state index is -0.428. The molecule has 0 amide bonds. The first-order chi connectivity index (χ1) is 7.60. The van der Waals surface area contributed by atoms with E-state index in [0.717, 1.165) is 0 Å². The molecule has 0 fully saturated rings. The lowest BCUT2D eigenvalue weighted by Gasteiger charge is -2.08. The summed E-state index contributed by atoms with van der Waals surface area (Å²) >= 11 is 0. The van der Waals surface area contributed by atoms with Gasteiger partial charge >= 0.3 is 5.97 Å². The van der Waals surface area contributed by atoms with Gasteiger partial charge in [0.2, 0.25) is 0 Å². The second-order valence-electron chi connectivity index (χ2n) is 3.60. The minimum Gasteiger partial charge on any atom is -0.465 e. The predicted molar refractivity (Wildman–Crippen MR) is 60.1 cm³/mol. The van der Waals surface area contributed by atoms with Crippen molar-refractivity contribution >= 4 is 5.97 Å². The molecule has 1 aromatic carbocycles. The number of methoxy groups -OCH3 is 1. The largest absolute Gasteiger partial charge is 0.465 e. The average molecular weight is 225 g/mol. The van der Waals surface area contributed by atoms with E-state index < -0.39 is 5.97 Å². The predicted octanol–water partition coefficient (Wildman–Crippen LogP) is 1.68. The van der Waals surface area contributed by atoms with E-state index in [0.29, 0.717) is 29.7 Å². The van der Waals surface area contributed by atoms with Gasteiger partial charge < -0.3 is 10.1 Å². The van der Waals surface area contributed by atoms with Gasteiger partial charge in [0.05, 0.1) is 12.7 Å². The standard InChI is InChI=1S/C12H16FNO2/c1-8-6-11(13)9(4-5-14-2)7-10(8)12(15)16-3/h6-7,14H,4-5H2,1-3H3. The van der Waals surface area contributed by atoms with Gasteiger partial charge in [0.1, 0.15) is 5.82 Å². The van der Waals surface area contributed by atoms with Crippen molar-refractivity contribution in [2.24, 2.45) is 0 Å². The number of carbonyl (C=O) groups excluding carboxylic acids is 1. The van der Waals surface area contributed by atoms with Crippen molar-refractivity contribution in [1.29, 1.82) is 0 Å². The van der Waals surface area contributed by atoms with Crippen molar-refractivity contribution in [2.45, 2.75) is 13.3 Å². The summed E-state index contributed by atoms with van der Waals surface area (Å²) in [5.74, 6) is -0.705. The number of hydrogen-bond donors (Lipinski definition) is 1. The molecule has 1 N–H and O–H groups in total. The zero-order valence-electron chi connectivity index (χ0n) is 9.76. The van der Waals surface area contributed by atoms with Crippen molar-refractivity contribution in [3.8, 4) is 0 Å². The summed E-state index contributed by atoms with van der Waals surface area (Å²) in [6, 6.07) is 2.94. The van der Waals surface area contributed by atoms with Gasteiger partial charge in [-0.3, -0.25) is 0 Å². The fourth-order valence-corrected chi connectivity index (χ4v) is 1.50. The lowest BCUT2D eigenvalue weighted by Crippen LogP contribution is -2.13. The number of hydrogen-bond acceptors (Lipinski definition) is 3. The SMILES string of the molecule is CNCCc1cc(C(=O)OC)c(C)cc1F. The third-order valence-electron chi connectivity index (χ3n) is 2.44. The number of likely N-dealkylation sites (N-methyl/N-ethyl adjacent to an activating group) is 1. The third kappa shape index (κ3) is 2.79. The van der Waals surface area contributed by atoms with Crippen LogP contribution < -0.4 is 5.32 Å². The number of halogens is 1. The molecular weight excluding hydrogens is 209 g/mol. The summed E-state index contributed by atoms with van der Waals surface area (Å²) in [7, 11) is 3.12. The van der Waals surface area contributed by atoms with Crippen molar-refractivity contribution in [2.75, 3.05) is 20.7 Å². The van der Waals surface area contributed by atoms with Gasteiger partial charge in [-0.2, -0.15) is 0 Å². The Kier molecular flexibility index (Phi) is 4.43. The Morgan fingerprint density at radius 2 is 2.19 bits per heavy atom. The van der Waals surface area contributed by atoms with Crippen LogP contribution in [0, 0.1) is 12.7 Å². The van der Waals surface area contributed by atoms with Crippen LogP contribution in [-0.4, -0.2) is 26.7 Å². The molecule has 3 nitrogen and oxygen atoms in total. The van der Waals surface area contributed by atoms with Crippen LogP contribution in [0.5, 0.6) is 0 Å². The Hall–Kier alpha value is -1.42. The Morgan fingerprint density at radius 3 is 2.75 bits per heavy atom. The molecule has 0 bridgehead atoms. The highest BCUT2D eigenvalue weighted by molar-refractivity contribution is 5.91. The second-order valence-corrected chi connectivity index (χ2v) is 3.60. The number of benzene rings is 1. The molecular formula is C12H16FNO2. The highest BCUT2D eigenvalue weighted by Gasteiger charge is 2.13. The van der Waals surface area contributed by atoms with Crippen LogP contribution in [0.2, 0.25) is 0 Å². The van der Waals surface area contributed by atoms with Crippen LogP contribution in [-0.2, 0) is 11.2 Å². The molecule has 0 unspecified atom stereocenters. The number of esters is 1. The van der Waals surface area contributed by atoms with Gasteiger partial charge in [-0.25, -0.2) is 9.18 Å². The molecule has 1 rings (SSSR count). The quantitative estimate of drug-likeness (QED) is 0.792. The Morgan fingerprint density at radius 1 is 1.50 bits per heavy atom. The van der Waals surface area contributed by atoms with Gasteiger partial charge in [0.25, 0.3) is 0 Å². The molecule has 0 spiro atoms. The molecule has 88 valence electrons. The minimum absolute atomic E-state index is 0.277. The topological polar surface area (TPSA) is 38.3 Å². The summed E-state index contributed by atoms with van der Waals surface area (Å²) < 4.78 is 18.2. The molecule has 0 aliphatic heterocycles. The molecule has 4 heteroatoms. The highest BCUT2D eigenvalue weighted by atomic mass is 19.1. The highest BCUT2D eigenvalue weighted by Crippen LogP contribution is 2.16. The maximum atomic E-state index is 13.5. The Bertz CT molecular complexity index is 391. The first-order valence-corrected chi connectivity index (χ1v) is 5.12.